The van der Waals surface area contributed by atoms with Gasteiger partial charge in [-0.05, 0) is 25.2 Å². The molecule has 1 heterocycles. The summed E-state index contributed by atoms with van der Waals surface area (Å²) in [5.41, 5.74) is 1.31. The lowest BCUT2D eigenvalue weighted by Crippen LogP contribution is -2.23. The van der Waals surface area contributed by atoms with E-state index in [9.17, 15) is 0 Å². The zero-order valence-corrected chi connectivity index (χ0v) is 12.3. The highest BCUT2D eigenvalue weighted by Crippen LogP contribution is 2.32. The topological polar surface area (TPSA) is 29.9 Å². The molecule has 0 saturated carbocycles. The molecule has 3 nitrogen and oxygen atoms in total. The van der Waals surface area contributed by atoms with Crippen LogP contribution in [-0.2, 0) is 0 Å². The minimum absolute atomic E-state index is 0.238. The molecule has 1 unspecified atom stereocenters. The maximum Gasteiger partial charge on any atom is 0.203 e. The largest absolute Gasteiger partial charge is 0.355 e. The molecule has 0 aliphatic carbocycles. The van der Waals surface area contributed by atoms with Gasteiger partial charge in [0.05, 0.1) is 5.69 Å². The summed E-state index contributed by atoms with van der Waals surface area (Å²) in [4.78, 5) is 4.57. The summed E-state index contributed by atoms with van der Waals surface area (Å²) in [7, 11) is 0. The van der Waals surface area contributed by atoms with Gasteiger partial charge in [0.2, 0.25) is 5.95 Å². The Bertz CT molecular complexity index is 358. The number of anilines is 1. The molecule has 0 aromatic carbocycles. The Balaban J connectivity index is 2.91. The number of aryl methyl sites for hydroxylation is 1. The van der Waals surface area contributed by atoms with E-state index >= 15 is 0 Å². The summed E-state index contributed by atoms with van der Waals surface area (Å²) in [6.07, 6.45) is 2.14. The molecule has 1 N–H and O–H groups in total. The molecular weight excluding hydrogens is 210 g/mol. The van der Waals surface area contributed by atoms with E-state index in [-0.39, 0.29) is 5.41 Å². The second-order valence-electron chi connectivity index (χ2n) is 6.43. The summed E-state index contributed by atoms with van der Waals surface area (Å²) in [6, 6.07) is 0.429. The van der Waals surface area contributed by atoms with Crippen LogP contribution in [0, 0.1) is 18.3 Å². The van der Waals surface area contributed by atoms with Gasteiger partial charge < -0.3 is 9.88 Å². The number of hydrogen-bond donors (Lipinski definition) is 1. The average molecular weight is 237 g/mol. The van der Waals surface area contributed by atoms with Crippen LogP contribution in [0.25, 0.3) is 0 Å². The Labute approximate surface area is 106 Å². The minimum Gasteiger partial charge on any atom is -0.355 e. The fourth-order valence-corrected chi connectivity index (χ4v) is 1.65. The number of hydrogen-bond acceptors (Lipinski definition) is 2. The average Bonchev–Trinajstić information content (AvgIpc) is 2.53. The predicted octanol–water partition coefficient (Wildman–Crippen LogP) is 3.87. The van der Waals surface area contributed by atoms with Crippen molar-refractivity contribution in [2.45, 2.75) is 54.5 Å². The minimum atomic E-state index is 0.238. The third-order valence-corrected chi connectivity index (χ3v) is 3.19. The fourth-order valence-electron chi connectivity index (χ4n) is 1.65. The van der Waals surface area contributed by atoms with E-state index in [1.54, 1.807) is 0 Å². The molecule has 0 aliphatic heterocycles. The van der Waals surface area contributed by atoms with Gasteiger partial charge in [-0.25, -0.2) is 4.98 Å². The van der Waals surface area contributed by atoms with Crippen molar-refractivity contribution < 1.29 is 0 Å². The molecule has 17 heavy (non-hydrogen) atoms. The highest BCUT2D eigenvalue weighted by atomic mass is 15.2. The molecule has 0 fully saturated rings. The molecule has 0 saturated heterocycles. The second kappa shape index (κ2) is 5.11. The van der Waals surface area contributed by atoms with Crippen LogP contribution in [0.5, 0.6) is 0 Å². The van der Waals surface area contributed by atoms with Crippen molar-refractivity contribution in [3.8, 4) is 0 Å². The molecule has 0 spiro atoms. The molecule has 0 aliphatic rings. The van der Waals surface area contributed by atoms with Gasteiger partial charge >= 0.3 is 0 Å². The molecule has 1 aromatic heterocycles. The lowest BCUT2D eigenvalue weighted by Gasteiger charge is -2.29. The summed E-state index contributed by atoms with van der Waals surface area (Å²) >= 11 is 0. The SMILES string of the molecule is Cc1cn(C(C)C(C)(C)C)c(NCC(C)C)n1. The van der Waals surface area contributed by atoms with Crippen LogP contribution in [-0.4, -0.2) is 16.1 Å². The molecular formula is C14H27N3. The van der Waals surface area contributed by atoms with E-state index in [2.05, 4.69) is 62.6 Å². The first-order valence-electron chi connectivity index (χ1n) is 6.51. The Morgan fingerprint density at radius 2 is 1.88 bits per heavy atom. The zero-order valence-electron chi connectivity index (χ0n) is 12.3. The Morgan fingerprint density at radius 1 is 1.29 bits per heavy atom. The first-order valence-corrected chi connectivity index (χ1v) is 6.51. The molecule has 1 atom stereocenters. The van der Waals surface area contributed by atoms with Crippen molar-refractivity contribution in [1.29, 1.82) is 0 Å². The quantitative estimate of drug-likeness (QED) is 0.861. The van der Waals surface area contributed by atoms with Crippen molar-refractivity contribution in [2.24, 2.45) is 11.3 Å². The van der Waals surface area contributed by atoms with Crippen molar-refractivity contribution in [2.75, 3.05) is 11.9 Å². The molecule has 1 rings (SSSR count). The van der Waals surface area contributed by atoms with Crippen LogP contribution in [0.2, 0.25) is 0 Å². The molecule has 3 heteroatoms. The van der Waals surface area contributed by atoms with Crippen molar-refractivity contribution in [1.82, 2.24) is 9.55 Å². The third-order valence-electron chi connectivity index (χ3n) is 3.19. The number of aromatic nitrogens is 2. The predicted molar refractivity (Wildman–Crippen MR) is 74.5 cm³/mol. The lowest BCUT2D eigenvalue weighted by molar-refractivity contribution is 0.264. The maximum atomic E-state index is 4.57. The first kappa shape index (κ1) is 14.1. The summed E-state index contributed by atoms with van der Waals surface area (Å²) < 4.78 is 2.26. The molecule has 1 aromatic rings. The highest BCUT2D eigenvalue weighted by molar-refractivity contribution is 5.29. The summed E-state index contributed by atoms with van der Waals surface area (Å²) in [5.74, 6) is 1.63. The van der Waals surface area contributed by atoms with Gasteiger partial charge in [-0.3, -0.25) is 0 Å². The normalized spacial score (nSPS) is 14.1. The maximum absolute atomic E-state index is 4.57. The number of nitrogens with one attached hydrogen (secondary N) is 1. The number of rotatable bonds is 4. The molecule has 0 radical (unpaired) electrons. The van der Waals surface area contributed by atoms with Crippen LogP contribution >= 0.6 is 0 Å². The van der Waals surface area contributed by atoms with Crippen LogP contribution in [0.1, 0.15) is 53.3 Å². The Kier molecular flexibility index (Phi) is 4.23. The summed E-state index contributed by atoms with van der Waals surface area (Å²) in [5, 5.41) is 3.44. The number of nitrogens with zero attached hydrogens (tertiary/aromatic N) is 2. The standard InChI is InChI=1S/C14H27N3/c1-10(2)8-15-13-16-11(3)9-17(13)12(4)14(5,6)7/h9-10,12H,8H2,1-7H3,(H,15,16). The van der Waals surface area contributed by atoms with E-state index in [4.69, 9.17) is 0 Å². The van der Waals surface area contributed by atoms with Crippen LogP contribution in [0.4, 0.5) is 5.95 Å². The molecule has 0 bridgehead atoms. The van der Waals surface area contributed by atoms with E-state index in [1.165, 1.54) is 0 Å². The van der Waals surface area contributed by atoms with Crippen molar-refractivity contribution in [3.05, 3.63) is 11.9 Å². The Hall–Kier alpha value is -0.990. The summed E-state index contributed by atoms with van der Waals surface area (Å²) in [6.45, 7) is 16.5. The van der Waals surface area contributed by atoms with Gasteiger partial charge in [0.15, 0.2) is 0 Å². The van der Waals surface area contributed by atoms with Gasteiger partial charge in [-0.15, -0.1) is 0 Å². The van der Waals surface area contributed by atoms with E-state index < -0.39 is 0 Å². The van der Waals surface area contributed by atoms with Gasteiger partial charge in [-0.1, -0.05) is 34.6 Å². The smallest absolute Gasteiger partial charge is 0.203 e. The number of imidazole rings is 1. The van der Waals surface area contributed by atoms with Gasteiger partial charge in [0, 0.05) is 18.8 Å². The zero-order chi connectivity index (χ0) is 13.2. The van der Waals surface area contributed by atoms with Crippen LogP contribution in [0.3, 0.4) is 0 Å². The van der Waals surface area contributed by atoms with E-state index in [1.807, 2.05) is 6.92 Å². The van der Waals surface area contributed by atoms with Gasteiger partial charge in [0.25, 0.3) is 0 Å². The monoisotopic (exact) mass is 237 g/mol. The van der Waals surface area contributed by atoms with Crippen molar-refractivity contribution >= 4 is 5.95 Å². The fraction of sp³-hybridized carbons (Fsp3) is 0.786. The van der Waals surface area contributed by atoms with Crippen molar-refractivity contribution in [3.63, 3.8) is 0 Å². The third kappa shape index (κ3) is 3.76. The van der Waals surface area contributed by atoms with Crippen LogP contribution in [0.15, 0.2) is 6.20 Å². The van der Waals surface area contributed by atoms with Crippen LogP contribution < -0.4 is 5.32 Å². The second-order valence-corrected chi connectivity index (χ2v) is 6.43. The molecule has 98 valence electrons. The van der Waals surface area contributed by atoms with E-state index in [0.717, 1.165) is 18.2 Å². The van der Waals surface area contributed by atoms with Gasteiger partial charge in [-0.2, -0.15) is 0 Å². The van der Waals surface area contributed by atoms with E-state index in [0.29, 0.717) is 12.0 Å². The van der Waals surface area contributed by atoms with Gasteiger partial charge in [0.1, 0.15) is 0 Å². The lowest BCUT2D eigenvalue weighted by atomic mass is 9.88. The first-order chi connectivity index (χ1) is 7.71. The molecule has 0 amide bonds. The highest BCUT2D eigenvalue weighted by Gasteiger charge is 2.24. The Morgan fingerprint density at radius 3 is 2.35 bits per heavy atom.